The quantitative estimate of drug-likeness (QED) is 0.837. The smallest absolute Gasteiger partial charge is 0.259 e. The summed E-state index contributed by atoms with van der Waals surface area (Å²) in [5, 5.41) is 1.97. The average Bonchev–Trinajstić information content (AvgIpc) is 2.38. The van der Waals surface area contributed by atoms with Crippen LogP contribution in [0.25, 0.3) is 0 Å². The van der Waals surface area contributed by atoms with Gasteiger partial charge in [-0.05, 0) is 30.7 Å². The summed E-state index contributed by atoms with van der Waals surface area (Å²) in [5.41, 5.74) is 6.31. The van der Waals surface area contributed by atoms with Gasteiger partial charge in [0.25, 0.3) is 5.91 Å². The van der Waals surface area contributed by atoms with E-state index in [1.54, 1.807) is 6.92 Å². The Hall–Kier alpha value is -2.21. The van der Waals surface area contributed by atoms with Crippen LogP contribution in [0.4, 0.5) is 20.3 Å². The van der Waals surface area contributed by atoms with E-state index in [4.69, 9.17) is 17.3 Å². The molecule has 0 bridgehead atoms. The number of aromatic nitrogens is 1. The number of benzene rings is 1. The number of hydrogen-bond donors (Lipinski definition) is 2. The molecular weight excluding hydrogens is 288 g/mol. The highest BCUT2D eigenvalue weighted by Gasteiger charge is 2.16. The van der Waals surface area contributed by atoms with E-state index in [2.05, 4.69) is 10.3 Å². The molecule has 1 aromatic carbocycles. The highest BCUT2D eigenvalue weighted by atomic mass is 35.5. The van der Waals surface area contributed by atoms with Gasteiger partial charge < -0.3 is 11.1 Å². The van der Waals surface area contributed by atoms with Crippen LogP contribution in [0.1, 0.15) is 15.9 Å². The van der Waals surface area contributed by atoms with E-state index < -0.39 is 23.1 Å². The fraction of sp³-hybridized carbons (Fsp3) is 0.0769. The summed E-state index contributed by atoms with van der Waals surface area (Å²) in [4.78, 5) is 15.7. The molecule has 7 heteroatoms. The summed E-state index contributed by atoms with van der Waals surface area (Å²) in [6.07, 6.45) is 1.36. The standard InChI is InChI=1S/C13H10ClF2N3O/c1-6-2-12(18-5-11(6)17)19-13(20)7-3-10(16)8(14)4-9(7)15/h2-5H,17H2,1H3,(H,18,19,20). The lowest BCUT2D eigenvalue weighted by Gasteiger charge is -2.08. The van der Waals surface area contributed by atoms with Crippen molar-refractivity contribution < 1.29 is 13.6 Å². The molecule has 104 valence electrons. The molecule has 4 nitrogen and oxygen atoms in total. The first-order valence-electron chi connectivity index (χ1n) is 5.56. The summed E-state index contributed by atoms with van der Waals surface area (Å²) in [6, 6.07) is 3.00. The molecule has 0 aliphatic rings. The molecule has 1 aromatic heterocycles. The van der Waals surface area contributed by atoms with Crippen molar-refractivity contribution in [1.82, 2.24) is 4.98 Å². The Labute approximate surface area is 118 Å². The van der Waals surface area contributed by atoms with Gasteiger partial charge >= 0.3 is 0 Å². The third-order valence-corrected chi connectivity index (χ3v) is 2.94. The van der Waals surface area contributed by atoms with Crippen molar-refractivity contribution in [2.24, 2.45) is 0 Å². The minimum Gasteiger partial charge on any atom is -0.397 e. The van der Waals surface area contributed by atoms with Crippen LogP contribution in [-0.4, -0.2) is 10.9 Å². The molecule has 1 heterocycles. The summed E-state index contributed by atoms with van der Waals surface area (Å²) in [5.74, 6) is -2.42. The summed E-state index contributed by atoms with van der Waals surface area (Å²) < 4.78 is 26.8. The van der Waals surface area contributed by atoms with Crippen LogP contribution in [0.2, 0.25) is 5.02 Å². The average molecular weight is 298 g/mol. The van der Waals surface area contributed by atoms with E-state index in [0.29, 0.717) is 11.3 Å². The summed E-state index contributed by atoms with van der Waals surface area (Å²) in [7, 11) is 0. The third-order valence-electron chi connectivity index (χ3n) is 2.65. The molecule has 2 aromatic rings. The normalized spacial score (nSPS) is 10.4. The Morgan fingerprint density at radius 2 is 2.00 bits per heavy atom. The number of nitrogen functional groups attached to an aromatic ring is 1. The lowest BCUT2D eigenvalue weighted by Crippen LogP contribution is -2.15. The SMILES string of the molecule is Cc1cc(NC(=O)c2cc(F)c(Cl)cc2F)ncc1N. The van der Waals surface area contributed by atoms with Gasteiger partial charge in [-0.2, -0.15) is 0 Å². The molecule has 0 spiro atoms. The predicted molar refractivity (Wildman–Crippen MR) is 72.7 cm³/mol. The molecule has 0 unspecified atom stereocenters. The Balaban J connectivity index is 2.28. The minimum atomic E-state index is -0.916. The highest BCUT2D eigenvalue weighted by molar-refractivity contribution is 6.30. The maximum Gasteiger partial charge on any atom is 0.259 e. The van der Waals surface area contributed by atoms with Crippen LogP contribution in [0.15, 0.2) is 24.4 Å². The van der Waals surface area contributed by atoms with E-state index in [1.165, 1.54) is 12.3 Å². The number of carbonyl (C=O) groups excluding carboxylic acids is 1. The Kier molecular flexibility index (Phi) is 3.85. The topological polar surface area (TPSA) is 68.0 Å². The number of halogens is 3. The first-order chi connectivity index (χ1) is 9.38. The molecule has 3 N–H and O–H groups in total. The molecule has 0 radical (unpaired) electrons. The van der Waals surface area contributed by atoms with Crippen molar-refractivity contribution in [2.75, 3.05) is 11.1 Å². The van der Waals surface area contributed by atoms with Crippen LogP contribution in [0.5, 0.6) is 0 Å². The van der Waals surface area contributed by atoms with Crippen molar-refractivity contribution in [1.29, 1.82) is 0 Å². The number of nitrogens with two attached hydrogens (primary N) is 1. The van der Waals surface area contributed by atoms with Gasteiger partial charge in [0.05, 0.1) is 22.5 Å². The lowest BCUT2D eigenvalue weighted by atomic mass is 10.2. The molecular formula is C13H10ClF2N3O. The van der Waals surface area contributed by atoms with E-state index in [1.807, 2.05) is 0 Å². The molecule has 20 heavy (non-hydrogen) atoms. The van der Waals surface area contributed by atoms with Crippen molar-refractivity contribution in [3.63, 3.8) is 0 Å². The largest absolute Gasteiger partial charge is 0.397 e. The number of carbonyl (C=O) groups is 1. The van der Waals surface area contributed by atoms with Crippen molar-refractivity contribution in [2.45, 2.75) is 6.92 Å². The monoisotopic (exact) mass is 297 g/mol. The van der Waals surface area contributed by atoms with E-state index in [0.717, 1.165) is 12.1 Å². The zero-order valence-electron chi connectivity index (χ0n) is 10.4. The van der Waals surface area contributed by atoms with Gasteiger partial charge in [0, 0.05) is 0 Å². The van der Waals surface area contributed by atoms with Gasteiger partial charge in [0.15, 0.2) is 0 Å². The molecule has 0 atom stereocenters. The highest BCUT2D eigenvalue weighted by Crippen LogP contribution is 2.20. The van der Waals surface area contributed by atoms with Gasteiger partial charge in [-0.3, -0.25) is 4.79 Å². The first-order valence-corrected chi connectivity index (χ1v) is 5.94. The fourth-order valence-corrected chi connectivity index (χ4v) is 1.67. The van der Waals surface area contributed by atoms with Gasteiger partial charge in [-0.15, -0.1) is 0 Å². The number of anilines is 2. The number of aryl methyl sites for hydroxylation is 1. The van der Waals surface area contributed by atoms with Crippen LogP contribution in [0, 0.1) is 18.6 Å². The Morgan fingerprint density at radius 3 is 2.65 bits per heavy atom. The summed E-state index contributed by atoms with van der Waals surface area (Å²) in [6.45, 7) is 1.73. The number of amides is 1. The predicted octanol–water partition coefficient (Wildman–Crippen LogP) is 3.16. The second kappa shape index (κ2) is 5.42. The van der Waals surface area contributed by atoms with Crippen LogP contribution < -0.4 is 11.1 Å². The maximum atomic E-state index is 13.6. The minimum absolute atomic E-state index is 0.191. The molecule has 1 amide bonds. The number of hydrogen-bond acceptors (Lipinski definition) is 3. The molecule has 0 saturated carbocycles. The van der Waals surface area contributed by atoms with Crippen molar-refractivity contribution >= 4 is 29.0 Å². The molecule has 0 aliphatic carbocycles. The van der Waals surface area contributed by atoms with E-state index in [9.17, 15) is 13.6 Å². The first kappa shape index (κ1) is 14.2. The van der Waals surface area contributed by atoms with Crippen LogP contribution in [-0.2, 0) is 0 Å². The van der Waals surface area contributed by atoms with Gasteiger partial charge in [-0.1, -0.05) is 11.6 Å². The van der Waals surface area contributed by atoms with Gasteiger partial charge in [-0.25, -0.2) is 13.8 Å². The maximum absolute atomic E-state index is 13.6. The number of nitrogens with zero attached hydrogens (tertiary/aromatic N) is 1. The van der Waals surface area contributed by atoms with Gasteiger partial charge in [0.2, 0.25) is 0 Å². The Bertz CT molecular complexity index is 692. The Morgan fingerprint density at radius 1 is 1.30 bits per heavy atom. The zero-order valence-corrected chi connectivity index (χ0v) is 11.1. The molecule has 0 saturated heterocycles. The van der Waals surface area contributed by atoms with E-state index in [-0.39, 0.29) is 10.8 Å². The molecule has 2 rings (SSSR count). The zero-order chi connectivity index (χ0) is 14.9. The second-order valence-corrected chi connectivity index (χ2v) is 4.53. The summed E-state index contributed by atoms with van der Waals surface area (Å²) >= 11 is 5.42. The number of pyridine rings is 1. The fourth-order valence-electron chi connectivity index (χ4n) is 1.52. The second-order valence-electron chi connectivity index (χ2n) is 4.13. The number of rotatable bonds is 2. The lowest BCUT2D eigenvalue weighted by molar-refractivity contribution is 0.102. The van der Waals surface area contributed by atoms with Gasteiger partial charge in [0.1, 0.15) is 17.5 Å². The molecule has 0 aliphatic heterocycles. The van der Waals surface area contributed by atoms with Crippen molar-refractivity contribution in [3.05, 3.63) is 52.2 Å². The molecule has 0 fully saturated rings. The van der Waals surface area contributed by atoms with E-state index >= 15 is 0 Å². The number of nitrogens with one attached hydrogen (secondary N) is 1. The van der Waals surface area contributed by atoms with Crippen LogP contribution >= 0.6 is 11.6 Å². The van der Waals surface area contributed by atoms with Crippen LogP contribution in [0.3, 0.4) is 0 Å². The third kappa shape index (κ3) is 2.85. The van der Waals surface area contributed by atoms with Crippen molar-refractivity contribution in [3.8, 4) is 0 Å².